The lowest BCUT2D eigenvalue weighted by Crippen LogP contribution is -2.37. The Balaban J connectivity index is 1.76. The van der Waals surface area contributed by atoms with E-state index in [4.69, 9.17) is 11.6 Å². The molecule has 20 heavy (non-hydrogen) atoms. The number of carbonyl (C=O) groups excluding carboxylic acids is 2. The molecule has 1 aliphatic rings. The fourth-order valence-electron chi connectivity index (χ4n) is 1.96. The standard InChI is InChI=1S/C14H17ClN2O2S/c15-11-2-4-12(5-3-11)20-9-6-14(19)17-8-1-7-16-13(18)10-17/h2-5H,1,6-10H2,(H,16,18). The van der Waals surface area contributed by atoms with Crippen LogP contribution in [0, 0.1) is 0 Å². The zero-order valence-corrected chi connectivity index (χ0v) is 12.7. The van der Waals surface area contributed by atoms with Gasteiger partial charge < -0.3 is 10.2 Å². The van der Waals surface area contributed by atoms with Gasteiger partial charge in [-0.2, -0.15) is 0 Å². The highest BCUT2D eigenvalue weighted by Gasteiger charge is 2.19. The van der Waals surface area contributed by atoms with Gasteiger partial charge in [-0.15, -0.1) is 11.8 Å². The zero-order chi connectivity index (χ0) is 14.4. The summed E-state index contributed by atoms with van der Waals surface area (Å²) in [6, 6.07) is 7.56. The number of hydrogen-bond acceptors (Lipinski definition) is 3. The third-order valence-electron chi connectivity index (χ3n) is 3.01. The predicted octanol–water partition coefficient (Wildman–Crippen LogP) is 2.17. The van der Waals surface area contributed by atoms with Crippen LogP contribution in [0.3, 0.4) is 0 Å². The summed E-state index contributed by atoms with van der Waals surface area (Å²) in [5, 5.41) is 3.48. The molecule has 0 bridgehead atoms. The van der Waals surface area contributed by atoms with Crippen molar-refractivity contribution in [3.63, 3.8) is 0 Å². The maximum absolute atomic E-state index is 12.1. The minimum atomic E-state index is -0.0683. The van der Waals surface area contributed by atoms with Crippen molar-refractivity contribution < 1.29 is 9.59 Å². The molecule has 2 rings (SSSR count). The normalized spacial score (nSPS) is 15.7. The monoisotopic (exact) mass is 312 g/mol. The molecule has 0 saturated carbocycles. The molecule has 1 N–H and O–H groups in total. The van der Waals surface area contributed by atoms with Gasteiger partial charge in [-0.05, 0) is 30.7 Å². The Kier molecular flexibility index (Phi) is 5.73. The number of rotatable bonds is 4. The maximum atomic E-state index is 12.1. The molecule has 0 aliphatic carbocycles. The van der Waals surface area contributed by atoms with E-state index in [0.717, 1.165) is 11.3 Å². The molecule has 2 amide bonds. The molecular weight excluding hydrogens is 296 g/mol. The molecule has 1 fully saturated rings. The molecule has 6 heteroatoms. The number of carbonyl (C=O) groups is 2. The molecule has 0 aromatic heterocycles. The number of halogens is 1. The third-order valence-corrected chi connectivity index (χ3v) is 4.28. The summed E-state index contributed by atoms with van der Waals surface area (Å²) in [4.78, 5) is 26.2. The van der Waals surface area contributed by atoms with Gasteiger partial charge in [0.25, 0.3) is 0 Å². The van der Waals surface area contributed by atoms with Crippen LogP contribution in [0.1, 0.15) is 12.8 Å². The summed E-state index contributed by atoms with van der Waals surface area (Å²) in [6.45, 7) is 1.50. The molecule has 4 nitrogen and oxygen atoms in total. The third kappa shape index (κ3) is 4.72. The van der Waals surface area contributed by atoms with Gasteiger partial charge in [0.15, 0.2) is 0 Å². The number of thioether (sulfide) groups is 1. The van der Waals surface area contributed by atoms with Crippen LogP contribution in [0.25, 0.3) is 0 Å². The average molecular weight is 313 g/mol. The molecule has 1 heterocycles. The summed E-state index contributed by atoms with van der Waals surface area (Å²) in [5.41, 5.74) is 0. The van der Waals surface area contributed by atoms with Crippen LogP contribution in [-0.4, -0.2) is 42.1 Å². The summed E-state index contributed by atoms with van der Waals surface area (Å²) < 4.78 is 0. The Bertz CT molecular complexity index is 479. The molecule has 0 unspecified atom stereocenters. The largest absolute Gasteiger partial charge is 0.354 e. The van der Waals surface area contributed by atoms with Crippen molar-refractivity contribution in [2.45, 2.75) is 17.7 Å². The molecular formula is C14H17ClN2O2S. The first kappa shape index (κ1) is 15.2. The number of nitrogens with zero attached hydrogens (tertiary/aromatic N) is 1. The van der Waals surface area contributed by atoms with Gasteiger partial charge in [0.2, 0.25) is 11.8 Å². The number of nitrogens with one attached hydrogen (secondary N) is 1. The van der Waals surface area contributed by atoms with Crippen molar-refractivity contribution in [2.75, 3.05) is 25.4 Å². The van der Waals surface area contributed by atoms with Gasteiger partial charge in [-0.25, -0.2) is 0 Å². The molecule has 0 spiro atoms. The second kappa shape index (κ2) is 7.55. The molecule has 0 atom stereocenters. The van der Waals surface area contributed by atoms with Crippen LogP contribution in [0.4, 0.5) is 0 Å². The van der Waals surface area contributed by atoms with Crippen LogP contribution in [0.15, 0.2) is 29.2 Å². The van der Waals surface area contributed by atoms with Crippen molar-refractivity contribution in [3.8, 4) is 0 Å². The lowest BCUT2D eigenvalue weighted by Gasteiger charge is -2.18. The van der Waals surface area contributed by atoms with Crippen LogP contribution >= 0.6 is 23.4 Å². The van der Waals surface area contributed by atoms with Gasteiger partial charge >= 0.3 is 0 Å². The van der Waals surface area contributed by atoms with Gasteiger partial charge in [0.1, 0.15) is 0 Å². The Morgan fingerprint density at radius 1 is 1.35 bits per heavy atom. The second-order valence-electron chi connectivity index (χ2n) is 4.57. The minimum absolute atomic E-state index is 0.0449. The molecule has 1 aromatic rings. The Hall–Kier alpha value is -1.20. The van der Waals surface area contributed by atoms with E-state index in [2.05, 4.69) is 5.32 Å². The SMILES string of the molecule is O=C1CN(C(=O)CCSc2ccc(Cl)cc2)CCCN1. The summed E-state index contributed by atoms with van der Waals surface area (Å²) in [6.07, 6.45) is 1.27. The fraction of sp³-hybridized carbons (Fsp3) is 0.429. The quantitative estimate of drug-likeness (QED) is 0.867. The Morgan fingerprint density at radius 3 is 2.85 bits per heavy atom. The zero-order valence-electron chi connectivity index (χ0n) is 11.1. The lowest BCUT2D eigenvalue weighted by atomic mass is 10.3. The smallest absolute Gasteiger partial charge is 0.239 e. The first-order chi connectivity index (χ1) is 9.65. The minimum Gasteiger partial charge on any atom is -0.354 e. The predicted molar refractivity (Wildman–Crippen MR) is 81.0 cm³/mol. The summed E-state index contributed by atoms with van der Waals surface area (Å²) in [7, 11) is 0. The molecule has 0 radical (unpaired) electrons. The average Bonchev–Trinajstić information content (AvgIpc) is 2.65. The van der Waals surface area contributed by atoms with E-state index >= 15 is 0 Å². The van der Waals surface area contributed by atoms with Gasteiger partial charge in [-0.1, -0.05) is 11.6 Å². The van der Waals surface area contributed by atoms with Crippen molar-refractivity contribution in [3.05, 3.63) is 29.3 Å². The molecule has 1 aliphatic heterocycles. The van der Waals surface area contributed by atoms with Gasteiger partial charge in [0.05, 0.1) is 6.54 Å². The van der Waals surface area contributed by atoms with E-state index in [1.165, 1.54) is 0 Å². The van der Waals surface area contributed by atoms with Crippen molar-refractivity contribution in [1.82, 2.24) is 10.2 Å². The number of benzene rings is 1. The van der Waals surface area contributed by atoms with E-state index in [-0.39, 0.29) is 18.4 Å². The van der Waals surface area contributed by atoms with Crippen LogP contribution in [0.5, 0.6) is 0 Å². The van der Waals surface area contributed by atoms with Gasteiger partial charge in [-0.3, -0.25) is 9.59 Å². The highest BCUT2D eigenvalue weighted by Crippen LogP contribution is 2.21. The maximum Gasteiger partial charge on any atom is 0.239 e. The lowest BCUT2D eigenvalue weighted by molar-refractivity contribution is -0.134. The Labute approximate surface area is 127 Å². The second-order valence-corrected chi connectivity index (χ2v) is 6.18. The first-order valence-corrected chi connectivity index (χ1v) is 7.94. The van der Waals surface area contributed by atoms with E-state index in [0.29, 0.717) is 30.3 Å². The van der Waals surface area contributed by atoms with Crippen LogP contribution in [0.2, 0.25) is 5.02 Å². The van der Waals surface area contributed by atoms with E-state index in [1.54, 1.807) is 16.7 Å². The molecule has 1 aromatic carbocycles. The Morgan fingerprint density at radius 2 is 2.10 bits per heavy atom. The highest BCUT2D eigenvalue weighted by molar-refractivity contribution is 7.99. The molecule has 108 valence electrons. The van der Waals surface area contributed by atoms with Gasteiger partial charge in [0, 0.05) is 35.2 Å². The van der Waals surface area contributed by atoms with E-state index < -0.39 is 0 Å². The number of amides is 2. The van der Waals surface area contributed by atoms with E-state index in [9.17, 15) is 9.59 Å². The fourth-order valence-corrected chi connectivity index (χ4v) is 2.93. The van der Waals surface area contributed by atoms with E-state index in [1.807, 2.05) is 24.3 Å². The van der Waals surface area contributed by atoms with Crippen molar-refractivity contribution >= 4 is 35.2 Å². The topological polar surface area (TPSA) is 49.4 Å². The van der Waals surface area contributed by atoms with Crippen LogP contribution < -0.4 is 5.32 Å². The summed E-state index contributed by atoms with van der Waals surface area (Å²) >= 11 is 7.44. The van der Waals surface area contributed by atoms with Crippen LogP contribution in [-0.2, 0) is 9.59 Å². The first-order valence-electron chi connectivity index (χ1n) is 6.58. The molecule has 1 saturated heterocycles. The van der Waals surface area contributed by atoms with Crippen molar-refractivity contribution in [2.24, 2.45) is 0 Å². The number of hydrogen-bond donors (Lipinski definition) is 1. The highest BCUT2D eigenvalue weighted by atomic mass is 35.5. The van der Waals surface area contributed by atoms with Crippen molar-refractivity contribution in [1.29, 1.82) is 0 Å². The summed E-state index contributed by atoms with van der Waals surface area (Å²) in [5.74, 6) is 0.684.